The van der Waals surface area contributed by atoms with Gasteiger partial charge in [-0.3, -0.25) is 9.59 Å². The number of amides is 1. The Balaban J connectivity index is 1.74. The van der Waals surface area contributed by atoms with Crippen LogP contribution in [0.3, 0.4) is 0 Å². The molecule has 0 bridgehead atoms. The highest BCUT2D eigenvalue weighted by Gasteiger charge is 2.56. The lowest BCUT2D eigenvalue weighted by Crippen LogP contribution is -2.34. The number of carboxylic acids is 1. The minimum atomic E-state index is -4.70. The number of nitrogens with zero attached hydrogens (tertiary/aromatic N) is 1. The van der Waals surface area contributed by atoms with E-state index in [1.165, 1.54) is 18.2 Å². The predicted octanol–water partition coefficient (Wildman–Crippen LogP) is 3.30. The van der Waals surface area contributed by atoms with E-state index in [1.807, 2.05) is 0 Å². The largest absolute Gasteiger partial charge is 0.481 e. The molecule has 0 radical (unpaired) electrons. The molecule has 1 aromatic rings. The lowest BCUT2D eigenvalue weighted by molar-refractivity contribution is -0.188. The summed E-state index contributed by atoms with van der Waals surface area (Å²) in [4.78, 5) is 24.5. The number of benzene rings is 1. The number of aliphatic carboxylic acids is 1. The first-order chi connectivity index (χ1) is 11.6. The van der Waals surface area contributed by atoms with E-state index in [2.05, 4.69) is 0 Å². The number of halogens is 5. The van der Waals surface area contributed by atoms with Crippen molar-refractivity contribution in [3.05, 3.63) is 34.6 Å². The van der Waals surface area contributed by atoms with Crippen LogP contribution in [-0.4, -0.2) is 41.1 Å². The highest BCUT2D eigenvalue weighted by molar-refractivity contribution is 6.31. The topological polar surface area (TPSA) is 57.6 Å². The standard InChI is InChI=1S/C16H14ClF4NO3/c17-11-2-1-3-12(18)13(11)7-4-8(7)14(23)22-5-9(15(24)25)10(6-22)16(19,20)21/h1-3,7-10H,4-6H2,(H,24,25)/t7?,8?,9-,10-/m1/s1. The summed E-state index contributed by atoms with van der Waals surface area (Å²) in [5.74, 6) is -7.66. The Morgan fingerprint density at radius 2 is 1.88 bits per heavy atom. The maximum Gasteiger partial charge on any atom is 0.394 e. The first-order valence-corrected chi connectivity index (χ1v) is 8.01. The number of carboxylic acid groups (broad SMARTS) is 1. The lowest BCUT2D eigenvalue weighted by Gasteiger charge is -2.18. The summed E-state index contributed by atoms with van der Waals surface area (Å²) in [5.41, 5.74) is 0.184. The minimum absolute atomic E-state index is 0.165. The zero-order chi connectivity index (χ0) is 18.5. The molecule has 1 aliphatic carbocycles. The average molecular weight is 380 g/mol. The Kier molecular flexibility index (Phi) is 4.43. The van der Waals surface area contributed by atoms with Crippen LogP contribution in [0.5, 0.6) is 0 Å². The Hall–Kier alpha value is -1.83. The van der Waals surface area contributed by atoms with Crippen molar-refractivity contribution in [1.29, 1.82) is 0 Å². The van der Waals surface area contributed by atoms with E-state index in [-0.39, 0.29) is 17.0 Å². The van der Waals surface area contributed by atoms with Gasteiger partial charge >= 0.3 is 12.1 Å². The molecule has 2 aliphatic rings. The number of alkyl halides is 3. The smallest absolute Gasteiger partial charge is 0.394 e. The molecule has 0 aromatic heterocycles. The fourth-order valence-electron chi connectivity index (χ4n) is 3.45. The quantitative estimate of drug-likeness (QED) is 0.820. The molecule has 1 saturated heterocycles. The van der Waals surface area contributed by atoms with Crippen LogP contribution < -0.4 is 0 Å². The van der Waals surface area contributed by atoms with Crippen LogP contribution in [0.25, 0.3) is 0 Å². The van der Waals surface area contributed by atoms with E-state index in [0.717, 1.165) is 4.90 Å². The van der Waals surface area contributed by atoms with Crippen LogP contribution in [0.2, 0.25) is 5.02 Å². The van der Waals surface area contributed by atoms with Gasteiger partial charge in [-0.25, -0.2) is 4.39 Å². The number of hydrogen-bond acceptors (Lipinski definition) is 2. The maximum absolute atomic E-state index is 13.9. The minimum Gasteiger partial charge on any atom is -0.481 e. The second-order valence-corrected chi connectivity index (χ2v) is 6.83. The number of carbonyl (C=O) groups excluding carboxylic acids is 1. The highest BCUT2D eigenvalue weighted by atomic mass is 35.5. The lowest BCUT2D eigenvalue weighted by atomic mass is 9.96. The summed E-state index contributed by atoms with van der Waals surface area (Å²) in [6, 6.07) is 4.11. The highest BCUT2D eigenvalue weighted by Crippen LogP contribution is 2.52. The number of carbonyl (C=O) groups is 2. The molecule has 1 saturated carbocycles. The van der Waals surface area contributed by atoms with Gasteiger partial charge in [-0.05, 0) is 18.6 Å². The van der Waals surface area contributed by atoms with Crippen molar-refractivity contribution in [3.63, 3.8) is 0 Å². The van der Waals surface area contributed by atoms with Crippen LogP contribution in [0, 0.1) is 23.6 Å². The van der Waals surface area contributed by atoms with Gasteiger partial charge in [-0.15, -0.1) is 0 Å². The van der Waals surface area contributed by atoms with Crippen LogP contribution in [0.4, 0.5) is 17.6 Å². The molecular weight excluding hydrogens is 366 g/mol. The first-order valence-electron chi connectivity index (χ1n) is 7.63. The summed E-state index contributed by atoms with van der Waals surface area (Å²) in [5, 5.41) is 9.16. The molecule has 1 heterocycles. The molecule has 1 N–H and O–H groups in total. The molecular formula is C16H14ClF4NO3. The maximum atomic E-state index is 13.9. The summed E-state index contributed by atoms with van der Waals surface area (Å²) >= 11 is 5.95. The second kappa shape index (κ2) is 6.16. The van der Waals surface area contributed by atoms with Crippen LogP contribution in [-0.2, 0) is 9.59 Å². The van der Waals surface area contributed by atoms with Gasteiger partial charge in [0.05, 0.1) is 11.8 Å². The average Bonchev–Trinajstić information content (AvgIpc) is 3.12. The Morgan fingerprint density at radius 1 is 1.20 bits per heavy atom. The van der Waals surface area contributed by atoms with E-state index in [1.54, 1.807) is 0 Å². The number of rotatable bonds is 3. The molecule has 2 unspecified atom stereocenters. The van der Waals surface area contributed by atoms with E-state index >= 15 is 0 Å². The third-order valence-corrected chi connectivity index (χ3v) is 5.18. The molecule has 3 rings (SSSR count). The molecule has 136 valence electrons. The number of likely N-dealkylation sites (tertiary alicyclic amines) is 1. The van der Waals surface area contributed by atoms with E-state index in [9.17, 15) is 27.2 Å². The fourth-order valence-corrected chi connectivity index (χ4v) is 3.76. The predicted molar refractivity (Wildman–Crippen MR) is 79.5 cm³/mol. The van der Waals surface area contributed by atoms with Crippen molar-refractivity contribution in [3.8, 4) is 0 Å². The summed E-state index contributed by atoms with van der Waals surface area (Å²) in [6.45, 7) is -1.18. The zero-order valence-electron chi connectivity index (χ0n) is 12.8. The van der Waals surface area contributed by atoms with Crippen molar-refractivity contribution < 1.29 is 32.3 Å². The zero-order valence-corrected chi connectivity index (χ0v) is 13.5. The van der Waals surface area contributed by atoms with Crippen LogP contribution in [0.15, 0.2) is 18.2 Å². The van der Waals surface area contributed by atoms with Gasteiger partial charge in [0.25, 0.3) is 0 Å². The number of hydrogen-bond donors (Lipinski definition) is 1. The molecule has 4 nitrogen and oxygen atoms in total. The molecule has 0 spiro atoms. The molecule has 2 fully saturated rings. The Bertz CT molecular complexity index is 704. The molecule has 1 amide bonds. The fraction of sp³-hybridized carbons (Fsp3) is 0.500. The van der Waals surface area contributed by atoms with Crippen LogP contribution in [0.1, 0.15) is 17.9 Å². The van der Waals surface area contributed by atoms with Gasteiger partial charge < -0.3 is 10.0 Å². The summed E-state index contributed by atoms with van der Waals surface area (Å²) < 4.78 is 52.9. The van der Waals surface area contributed by atoms with Gasteiger partial charge in [0.1, 0.15) is 5.82 Å². The van der Waals surface area contributed by atoms with E-state index in [0.29, 0.717) is 0 Å². The van der Waals surface area contributed by atoms with Crippen molar-refractivity contribution in [2.75, 3.05) is 13.1 Å². The molecule has 1 aliphatic heterocycles. The SMILES string of the molecule is O=C(O)[C@@H]1CN(C(=O)C2CC2c2c(F)cccc2Cl)C[C@H]1C(F)(F)F. The van der Waals surface area contributed by atoms with Gasteiger partial charge in [-0.1, -0.05) is 17.7 Å². The second-order valence-electron chi connectivity index (χ2n) is 6.42. The normalized spacial score (nSPS) is 28.9. The summed E-state index contributed by atoms with van der Waals surface area (Å²) in [7, 11) is 0. The molecule has 9 heteroatoms. The molecule has 4 atom stereocenters. The third-order valence-electron chi connectivity index (χ3n) is 4.85. The van der Waals surface area contributed by atoms with Crippen molar-refractivity contribution in [2.45, 2.75) is 18.5 Å². The van der Waals surface area contributed by atoms with Gasteiger partial charge in [0.2, 0.25) is 5.91 Å². The van der Waals surface area contributed by atoms with Gasteiger partial charge in [0.15, 0.2) is 0 Å². The third kappa shape index (κ3) is 3.31. The van der Waals surface area contributed by atoms with Crippen molar-refractivity contribution in [2.24, 2.45) is 17.8 Å². The Morgan fingerprint density at radius 3 is 2.40 bits per heavy atom. The summed E-state index contributed by atoms with van der Waals surface area (Å²) in [6.07, 6.45) is -4.42. The van der Waals surface area contributed by atoms with Crippen LogP contribution >= 0.6 is 11.6 Å². The van der Waals surface area contributed by atoms with E-state index < -0.39 is 60.6 Å². The van der Waals surface area contributed by atoms with Crippen molar-refractivity contribution in [1.82, 2.24) is 4.90 Å². The molecule has 1 aromatic carbocycles. The van der Waals surface area contributed by atoms with E-state index in [4.69, 9.17) is 16.7 Å². The Labute approximate surface area is 145 Å². The first kappa shape index (κ1) is 18.0. The van der Waals surface area contributed by atoms with Crippen molar-refractivity contribution >= 4 is 23.5 Å². The van der Waals surface area contributed by atoms with Gasteiger partial charge in [-0.2, -0.15) is 13.2 Å². The monoisotopic (exact) mass is 379 g/mol. The van der Waals surface area contributed by atoms with Gasteiger partial charge in [0, 0.05) is 35.5 Å². The molecule has 25 heavy (non-hydrogen) atoms.